The number of halogens is 4. The van der Waals surface area contributed by atoms with E-state index in [0.717, 1.165) is 25.1 Å². The van der Waals surface area contributed by atoms with Crippen molar-refractivity contribution in [1.82, 2.24) is 10.6 Å². The lowest BCUT2D eigenvalue weighted by Crippen LogP contribution is -2.33. The predicted molar refractivity (Wildman–Crippen MR) is 78.6 cm³/mol. The van der Waals surface area contributed by atoms with E-state index in [1.165, 1.54) is 12.1 Å². The zero-order chi connectivity index (χ0) is 15.0. The van der Waals surface area contributed by atoms with Gasteiger partial charge < -0.3 is 10.6 Å². The first-order chi connectivity index (χ1) is 9.43. The molecule has 1 amide bonds. The molecule has 21 heavy (non-hydrogen) atoms. The maximum atomic E-state index is 12.4. The van der Waals surface area contributed by atoms with Crippen LogP contribution in [0.3, 0.4) is 0 Å². The first-order valence-corrected chi connectivity index (χ1v) is 6.57. The van der Waals surface area contributed by atoms with E-state index in [1.54, 1.807) is 0 Å². The molecule has 0 atom stereocenters. The second-order valence-electron chi connectivity index (χ2n) is 4.47. The van der Waals surface area contributed by atoms with Crippen LogP contribution < -0.4 is 10.6 Å². The molecule has 0 spiro atoms. The maximum Gasteiger partial charge on any atom is 0.416 e. The molecule has 0 radical (unpaired) electrons. The molecule has 7 heteroatoms. The van der Waals surface area contributed by atoms with Gasteiger partial charge in [0.2, 0.25) is 5.91 Å². The summed E-state index contributed by atoms with van der Waals surface area (Å²) < 4.78 is 37.1. The Labute approximate surface area is 128 Å². The Morgan fingerprint density at radius 1 is 1.10 bits per heavy atom. The number of alkyl halides is 3. The molecular formula is C14H20ClF3N2O. The van der Waals surface area contributed by atoms with E-state index in [9.17, 15) is 18.0 Å². The molecule has 0 aliphatic rings. The van der Waals surface area contributed by atoms with E-state index in [1.807, 2.05) is 0 Å². The molecule has 0 bridgehead atoms. The van der Waals surface area contributed by atoms with E-state index in [2.05, 4.69) is 17.6 Å². The summed E-state index contributed by atoms with van der Waals surface area (Å²) in [6.07, 6.45) is -3.23. The van der Waals surface area contributed by atoms with Crippen LogP contribution in [0, 0.1) is 0 Å². The van der Waals surface area contributed by atoms with Crippen molar-refractivity contribution in [2.75, 3.05) is 19.6 Å². The van der Waals surface area contributed by atoms with Crippen molar-refractivity contribution in [3.63, 3.8) is 0 Å². The lowest BCUT2D eigenvalue weighted by atomic mass is 10.1. The van der Waals surface area contributed by atoms with Gasteiger partial charge in [-0.25, -0.2) is 0 Å². The number of carbonyl (C=O) groups is 1. The third-order valence-electron chi connectivity index (χ3n) is 2.70. The fourth-order valence-electron chi connectivity index (χ4n) is 1.65. The summed E-state index contributed by atoms with van der Waals surface area (Å²) in [4.78, 5) is 11.6. The Morgan fingerprint density at radius 3 is 2.24 bits per heavy atom. The Bertz CT molecular complexity index is 421. The smallest absolute Gasteiger partial charge is 0.355 e. The molecule has 120 valence electrons. The highest BCUT2D eigenvalue weighted by Crippen LogP contribution is 2.29. The topological polar surface area (TPSA) is 41.1 Å². The molecule has 0 unspecified atom stereocenters. The zero-order valence-corrected chi connectivity index (χ0v) is 12.6. The Kier molecular flexibility index (Phi) is 9.05. The second kappa shape index (κ2) is 9.63. The molecule has 0 fully saturated rings. The van der Waals surface area contributed by atoms with E-state index < -0.39 is 11.7 Å². The van der Waals surface area contributed by atoms with Crippen molar-refractivity contribution in [3.05, 3.63) is 35.4 Å². The van der Waals surface area contributed by atoms with Crippen molar-refractivity contribution in [2.45, 2.75) is 25.9 Å². The third-order valence-corrected chi connectivity index (χ3v) is 2.70. The van der Waals surface area contributed by atoms with Crippen molar-refractivity contribution >= 4 is 18.3 Å². The number of nitrogens with one attached hydrogen (secondary N) is 2. The van der Waals surface area contributed by atoms with Gasteiger partial charge in [-0.3, -0.25) is 4.79 Å². The van der Waals surface area contributed by atoms with Crippen molar-refractivity contribution < 1.29 is 18.0 Å². The van der Waals surface area contributed by atoms with Crippen LogP contribution in [-0.2, 0) is 17.4 Å². The summed E-state index contributed by atoms with van der Waals surface area (Å²) in [6, 6.07) is 4.65. The zero-order valence-electron chi connectivity index (χ0n) is 11.8. The monoisotopic (exact) mass is 324 g/mol. The summed E-state index contributed by atoms with van der Waals surface area (Å²) in [6.45, 7) is 4.15. The number of rotatable bonds is 7. The molecule has 0 saturated heterocycles. The van der Waals surface area contributed by atoms with Gasteiger partial charge in [0.1, 0.15) is 0 Å². The molecule has 0 aliphatic carbocycles. The van der Waals surface area contributed by atoms with Gasteiger partial charge in [-0.2, -0.15) is 13.2 Å². The summed E-state index contributed by atoms with van der Waals surface area (Å²) >= 11 is 0. The van der Waals surface area contributed by atoms with Crippen LogP contribution in [-0.4, -0.2) is 25.5 Å². The van der Waals surface area contributed by atoms with Crippen LogP contribution in [0.2, 0.25) is 0 Å². The predicted octanol–water partition coefficient (Wildman–Crippen LogP) is 2.79. The highest BCUT2D eigenvalue weighted by molar-refractivity contribution is 5.85. The van der Waals surface area contributed by atoms with Crippen LogP contribution >= 0.6 is 12.4 Å². The number of hydrogen-bond donors (Lipinski definition) is 2. The Balaban J connectivity index is 0.00000400. The van der Waals surface area contributed by atoms with Gasteiger partial charge in [0.15, 0.2) is 0 Å². The lowest BCUT2D eigenvalue weighted by Gasteiger charge is -2.08. The first kappa shape index (κ1) is 19.7. The van der Waals surface area contributed by atoms with Crippen molar-refractivity contribution in [3.8, 4) is 0 Å². The molecule has 1 rings (SSSR count). The van der Waals surface area contributed by atoms with Gasteiger partial charge in [0.05, 0.1) is 12.0 Å². The van der Waals surface area contributed by atoms with Crippen molar-refractivity contribution in [1.29, 1.82) is 0 Å². The Hall–Kier alpha value is -1.27. The van der Waals surface area contributed by atoms with Crippen molar-refractivity contribution in [2.24, 2.45) is 0 Å². The van der Waals surface area contributed by atoms with E-state index >= 15 is 0 Å². The minimum atomic E-state index is -4.34. The SMILES string of the molecule is CCCNCCNC(=O)Cc1ccc(C(F)(F)F)cc1.Cl. The van der Waals surface area contributed by atoms with E-state index in [-0.39, 0.29) is 24.7 Å². The van der Waals surface area contributed by atoms with Gasteiger partial charge in [-0.1, -0.05) is 19.1 Å². The maximum absolute atomic E-state index is 12.4. The van der Waals surface area contributed by atoms with Crippen LogP contribution in [0.5, 0.6) is 0 Å². The quantitative estimate of drug-likeness (QED) is 0.757. The number of benzene rings is 1. The first-order valence-electron chi connectivity index (χ1n) is 6.57. The Morgan fingerprint density at radius 2 is 1.71 bits per heavy atom. The fraction of sp³-hybridized carbons (Fsp3) is 0.500. The summed E-state index contributed by atoms with van der Waals surface area (Å²) in [7, 11) is 0. The van der Waals surface area contributed by atoms with Crippen LogP contribution in [0.4, 0.5) is 13.2 Å². The molecule has 0 heterocycles. The van der Waals surface area contributed by atoms with Gasteiger partial charge in [0, 0.05) is 13.1 Å². The molecule has 3 nitrogen and oxygen atoms in total. The fourth-order valence-corrected chi connectivity index (χ4v) is 1.65. The highest BCUT2D eigenvalue weighted by Gasteiger charge is 2.29. The number of amides is 1. The number of carbonyl (C=O) groups excluding carboxylic acids is 1. The summed E-state index contributed by atoms with van der Waals surface area (Å²) in [5.74, 6) is -0.192. The lowest BCUT2D eigenvalue weighted by molar-refractivity contribution is -0.137. The van der Waals surface area contributed by atoms with Crippen LogP contribution in [0.25, 0.3) is 0 Å². The van der Waals surface area contributed by atoms with Gasteiger partial charge >= 0.3 is 6.18 Å². The summed E-state index contributed by atoms with van der Waals surface area (Å²) in [5, 5.41) is 5.85. The average molecular weight is 325 g/mol. The molecule has 1 aromatic rings. The average Bonchev–Trinajstić information content (AvgIpc) is 2.38. The largest absolute Gasteiger partial charge is 0.416 e. The molecule has 2 N–H and O–H groups in total. The molecule has 1 aromatic carbocycles. The highest BCUT2D eigenvalue weighted by atomic mass is 35.5. The van der Waals surface area contributed by atoms with E-state index in [0.29, 0.717) is 18.7 Å². The molecule has 0 aliphatic heterocycles. The molecule has 0 saturated carbocycles. The minimum Gasteiger partial charge on any atom is -0.355 e. The standard InChI is InChI=1S/C14H19F3N2O.ClH/c1-2-7-18-8-9-19-13(20)10-11-3-5-12(6-4-11)14(15,16)17;/h3-6,18H,2,7-10H2,1H3,(H,19,20);1H. The van der Waals surface area contributed by atoms with Gasteiger partial charge in [-0.15, -0.1) is 12.4 Å². The van der Waals surface area contributed by atoms with Crippen LogP contribution in [0.15, 0.2) is 24.3 Å². The summed E-state index contributed by atoms with van der Waals surface area (Å²) in [5.41, 5.74) is -0.137. The molecular weight excluding hydrogens is 305 g/mol. The normalized spacial score (nSPS) is 10.9. The van der Waals surface area contributed by atoms with Crippen LogP contribution in [0.1, 0.15) is 24.5 Å². The molecule has 0 aromatic heterocycles. The van der Waals surface area contributed by atoms with Gasteiger partial charge in [0.25, 0.3) is 0 Å². The second-order valence-corrected chi connectivity index (χ2v) is 4.47. The minimum absolute atomic E-state index is 0. The van der Waals surface area contributed by atoms with E-state index in [4.69, 9.17) is 0 Å². The third kappa shape index (κ3) is 7.92. The number of hydrogen-bond acceptors (Lipinski definition) is 2. The van der Waals surface area contributed by atoms with Gasteiger partial charge in [-0.05, 0) is 30.7 Å².